The Labute approximate surface area is 113 Å². The van der Waals surface area contributed by atoms with Crippen LogP contribution in [0.3, 0.4) is 0 Å². The van der Waals surface area contributed by atoms with Crippen LogP contribution in [0.5, 0.6) is 0 Å². The molecule has 0 heterocycles. The zero-order chi connectivity index (χ0) is 14.6. The molecule has 0 saturated carbocycles. The third-order valence-corrected chi connectivity index (χ3v) is 4.91. The molecule has 0 aromatic heterocycles. The molecular weight excluding hydrogens is 262 g/mol. The Morgan fingerprint density at radius 2 is 1.79 bits per heavy atom. The van der Waals surface area contributed by atoms with Gasteiger partial charge in [0.05, 0.1) is 27.5 Å². The van der Waals surface area contributed by atoms with Gasteiger partial charge in [-0.05, 0) is 18.1 Å². The van der Waals surface area contributed by atoms with Gasteiger partial charge in [0, 0.05) is 0 Å². The number of nitrogens with one attached hydrogen (secondary N) is 1. The Morgan fingerprint density at radius 3 is 2.26 bits per heavy atom. The average molecular weight is 276 g/mol. The number of rotatable bonds is 4. The van der Waals surface area contributed by atoms with Crippen LogP contribution in [0.15, 0.2) is 17.0 Å². The Balaban J connectivity index is 3.37. The first-order chi connectivity index (χ1) is 8.85. The van der Waals surface area contributed by atoms with Crippen LogP contribution in [-0.4, -0.2) is 14.2 Å². The second-order valence-electron chi connectivity index (χ2n) is 4.41. The van der Waals surface area contributed by atoms with Crippen molar-refractivity contribution in [1.29, 1.82) is 10.5 Å². The van der Waals surface area contributed by atoms with Gasteiger partial charge in [0.2, 0.25) is 0 Å². The summed E-state index contributed by atoms with van der Waals surface area (Å²) in [6, 6.07) is 5.81. The molecule has 1 N–H and O–H groups in total. The summed E-state index contributed by atoms with van der Waals surface area (Å²) in [6.07, 6.45) is 0.716. The van der Waals surface area contributed by atoms with Crippen molar-refractivity contribution in [3.63, 3.8) is 0 Å². The number of hydrogen-bond acceptors (Lipinski definition) is 4. The van der Waals surface area contributed by atoms with Crippen LogP contribution in [0.25, 0.3) is 0 Å². The maximum atomic E-state index is 12.2. The summed E-state index contributed by atoms with van der Waals surface area (Å²) in [5, 5.41) is 17.7. The Bertz CT molecular complexity index is 666. The Kier molecular flexibility index (Phi) is 4.52. The van der Waals surface area contributed by atoms with E-state index in [0.717, 1.165) is 12.1 Å². The Hall–Kier alpha value is -2.05. The highest BCUT2D eigenvalue weighted by Crippen LogP contribution is 2.26. The van der Waals surface area contributed by atoms with Crippen molar-refractivity contribution < 1.29 is 8.42 Å². The molecule has 19 heavy (non-hydrogen) atoms. The Morgan fingerprint density at radius 1 is 1.26 bits per heavy atom. The van der Waals surface area contributed by atoms with Crippen LogP contribution in [-0.2, 0) is 9.84 Å². The number of nitrogens with zero attached hydrogens (tertiary/aromatic N) is 2. The van der Waals surface area contributed by atoms with E-state index in [-0.39, 0.29) is 33.4 Å². The van der Waals surface area contributed by atoms with Crippen LogP contribution < -0.4 is 5.73 Å². The third-order valence-electron chi connectivity index (χ3n) is 2.90. The van der Waals surface area contributed by atoms with Crippen LogP contribution in [0.4, 0.5) is 5.69 Å². The van der Waals surface area contributed by atoms with Gasteiger partial charge in [-0.25, -0.2) is 8.42 Å². The summed E-state index contributed by atoms with van der Waals surface area (Å²) in [7, 11) is -3.61. The van der Waals surface area contributed by atoms with Crippen LogP contribution >= 0.6 is 0 Å². The number of benzene rings is 1. The molecule has 1 aromatic carbocycles. The van der Waals surface area contributed by atoms with E-state index in [0.29, 0.717) is 6.42 Å². The summed E-state index contributed by atoms with van der Waals surface area (Å²) in [5.74, 6) is -0.0860. The van der Waals surface area contributed by atoms with Gasteiger partial charge >= 0.3 is 0 Å². The molecule has 1 unspecified atom stereocenters. The van der Waals surface area contributed by atoms with Gasteiger partial charge in [-0.15, -0.1) is 0 Å². The van der Waals surface area contributed by atoms with Crippen molar-refractivity contribution in [2.45, 2.75) is 25.2 Å². The van der Waals surface area contributed by atoms with Crippen LogP contribution in [0.1, 0.15) is 31.4 Å². The molecule has 0 saturated heterocycles. The van der Waals surface area contributed by atoms with Crippen molar-refractivity contribution in [3.8, 4) is 12.1 Å². The SMILES string of the molecule is CCC(C)CS(=O)(=O)c1cc(C#N)c(C#N)cc1[NH]. The zero-order valence-corrected chi connectivity index (χ0v) is 11.6. The van der Waals surface area contributed by atoms with Crippen molar-refractivity contribution in [2.75, 3.05) is 5.75 Å². The summed E-state index contributed by atoms with van der Waals surface area (Å²) in [5.41, 5.74) is 7.48. The normalized spacial score (nSPS) is 12.4. The predicted octanol–water partition coefficient (Wildman–Crippen LogP) is 2.16. The minimum absolute atomic E-state index is 0.0128. The molecule has 0 aliphatic heterocycles. The van der Waals surface area contributed by atoms with Crippen molar-refractivity contribution >= 4 is 15.5 Å². The lowest BCUT2D eigenvalue weighted by atomic mass is 10.1. The highest BCUT2D eigenvalue weighted by molar-refractivity contribution is 7.91. The highest BCUT2D eigenvalue weighted by atomic mass is 32.2. The quantitative estimate of drug-likeness (QED) is 0.839. The van der Waals surface area contributed by atoms with Crippen molar-refractivity contribution in [1.82, 2.24) is 5.73 Å². The molecule has 0 bridgehead atoms. The van der Waals surface area contributed by atoms with E-state index < -0.39 is 9.84 Å². The third kappa shape index (κ3) is 3.24. The molecule has 1 rings (SSSR count). The fraction of sp³-hybridized carbons (Fsp3) is 0.385. The lowest BCUT2D eigenvalue weighted by molar-refractivity contribution is 0.564. The summed E-state index contributed by atoms with van der Waals surface area (Å²) < 4.78 is 24.4. The van der Waals surface area contributed by atoms with E-state index in [1.54, 1.807) is 12.1 Å². The monoisotopic (exact) mass is 276 g/mol. The van der Waals surface area contributed by atoms with Gasteiger partial charge in [0.1, 0.15) is 12.1 Å². The average Bonchev–Trinajstić information content (AvgIpc) is 2.37. The molecule has 99 valence electrons. The molecule has 1 radical (unpaired) electrons. The highest BCUT2D eigenvalue weighted by Gasteiger charge is 2.22. The second-order valence-corrected chi connectivity index (χ2v) is 6.42. The van der Waals surface area contributed by atoms with Crippen molar-refractivity contribution in [3.05, 3.63) is 23.3 Å². The number of nitriles is 2. The summed E-state index contributed by atoms with van der Waals surface area (Å²) in [4.78, 5) is -0.177. The molecule has 1 aromatic rings. The topological polar surface area (TPSA) is 106 Å². The van der Waals surface area contributed by atoms with Crippen LogP contribution in [0.2, 0.25) is 0 Å². The van der Waals surface area contributed by atoms with E-state index in [2.05, 4.69) is 0 Å². The van der Waals surface area contributed by atoms with E-state index in [1.165, 1.54) is 0 Å². The van der Waals surface area contributed by atoms with Gasteiger partial charge in [-0.1, -0.05) is 20.3 Å². The number of sulfone groups is 1. The fourth-order valence-electron chi connectivity index (χ4n) is 1.60. The van der Waals surface area contributed by atoms with E-state index in [4.69, 9.17) is 16.3 Å². The molecule has 0 fully saturated rings. The minimum Gasteiger partial charge on any atom is -0.299 e. The minimum atomic E-state index is -3.61. The maximum absolute atomic E-state index is 12.2. The molecule has 1 atom stereocenters. The smallest absolute Gasteiger partial charge is 0.180 e. The molecule has 0 spiro atoms. The molecule has 5 nitrogen and oxygen atoms in total. The molecule has 0 aliphatic carbocycles. The molecular formula is C13H14N3O2S. The first kappa shape index (κ1) is 15.0. The fourth-order valence-corrected chi connectivity index (χ4v) is 3.46. The summed E-state index contributed by atoms with van der Waals surface area (Å²) in [6.45, 7) is 3.71. The van der Waals surface area contributed by atoms with E-state index in [9.17, 15) is 8.42 Å². The van der Waals surface area contributed by atoms with Gasteiger partial charge in [-0.2, -0.15) is 10.5 Å². The number of hydrogen-bond donors (Lipinski definition) is 0. The second kappa shape index (κ2) is 5.73. The van der Waals surface area contributed by atoms with Gasteiger partial charge < -0.3 is 0 Å². The maximum Gasteiger partial charge on any atom is 0.180 e. The van der Waals surface area contributed by atoms with Gasteiger partial charge in [0.25, 0.3) is 0 Å². The van der Waals surface area contributed by atoms with E-state index >= 15 is 0 Å². The first-order valence-corrected chi connectivity index (χ1v) is 7.43. The standard InChI is InChI=1S/C13H14N3O2S/c1-3-9(2)8-19(17,18)13-5-11(7-15)10(6-14)4-12(13)16/h4-5,9,16H,3,8H2,1-2H3. The molecule has 0 aliphatic rings. The predicted molar refractivity (Wildman–Crippen MR) is 70.1 cm³/mol. The van der Waals surface area contributed by atoms with Crippen molar-refractivity contribution in [2.24, 2.45) is 5.92 Å². The molecule has 6 heteroatoms. The summed E-state index contributed by atoms with van der Waals surface area (Å²) >= 11 is 0. The lowest BCUT2D eigenvalue weighted by Crippen LogP contribution is -2.14. The van der Waals surface area contributed by atoms with Gasteiger partial charge in [0.15, 0.2) is 9.84 Å². The van der Waals surface area contributed by atoms with Gasteiger partial charge in [-0.3, -0.25) is 5.73 Å². The molecule has 0 amide bonds. The van der Waals surface area contributed by atoms with E-state index in [1.807, 2.05) is 13.8 Å². The zero-order valence-electron chi connectivity index (χ0n) is 10.8. The lowest BCUT2D eigenvalue weighted by Gasteiger charge is -2.11. The largest absolute Gasteiger partial charge is 0.299 e. The first-order valence-electron chi connectivity index (χ1n) is 5.78. The van der Waals surface area contributed by atoms with Crippen LogP contribution in [0, 0.1) is 28.6 Å².